The third kappa shape index (κ3) is 2.71. The molecule has 4 rings (SSSR count). The molecule has 2 aliphatic rings. The van der Waals surface area contributed by atoms with Crippen molar-refractivity contribution < 1.29 is 4.74 Å². The predicted octanol–water partition coefficient (Wildman–Crippen LogP) is 2.78. The number of H-pyrrole nitrogens is 1. The number of aromatic nitrogens is 2. The Balaban J connectivity index is 1.84. The predicted molar refractivity (Wildman–Crippen MR) is 95.2 cm³/mol. The number of hydrogen-bond acceptors (Lipinski definition) is 5. The van der Waals surface area contributed by atoms with Gasteiger partial charge in [0, 0.05) is 28.7 Å². The van der Waals surface area contributed by atoms with Gasteiger partial charge >= 0.3 is 0 Å². The average molecular weight is 335 g/mol. The lowest BCUT2D eigenvalue weighted by molar-refractivity contribution is 0.404. The highest BCUT2D eigenvalue weighted by Crippen LogP contribution is 2.45. The monoisotopic (exact) mass is 335 g/mol. The van der Waals surface area contributed by atoms with Crippen LogP contribution < -0.4 is 10.1 Å². The Kier molecular flexibility index (Phi) is 4.24. The molecule has 2 unspecified atom stereocenters. The lowest BCUT2D eigenvalue weighted by Gasteiger charge is -2.33. The summed E-state index contributed by atoms with van der Waals surface area (Å²) in [6.45, 7) is 1.94. The lowest BCUT2D eigenvalue weighted by Crippen LogP contribution is -2.37. The van der Waals surface area contributed by atoms with E-state index in [9.17, 15) is 5.26 Å². The summed E-state index contributed by atoms with van der Waals surface area (Å²) in [4.78, 5) is 4.82. The summed E-state index contributed by atoms with van der Waals surface area (Å²) in [7, 11) is 1.67. The fraction of sp³-hybridized carbons (Fsp3) is 0.421. The molecule has 1 aromatic carbocycles. The smallest absolute Gasteiger partial charge is 0.151 e. The van der Waals surface area contributed by atoms with E-state index in [1.807, 2.05) is 24.3 Å². The second-order valence-electron chi connectivity index (χ2n) is 6.56. The van der Waals surface area contributed by atoms with Crippen LogP contribution in [0.4, 0.5) is 5.82 Å². The van der Waals surface area contributed by atoms with E-state index in [4.69, 9.17) is 9.73 Å². The number of piperidine rings is 1. The van der Waals surface area contributed by atoms with Gasteiger partial charge in [-0.05, 0) is 32.0 Å². The van der Waals surface area contributed by atoms with Crippen LogP contribution in [0.1, 0.15) is 29.9 Å². The number of hydrogen-bond donors (Lipinski definition) is 2. The molecule has 2 aliphatic heterocycles. The Hall–Kier alpha value is -2.65. The van der Waals surface area contributed by atoms with Crippen molar-refractivity contribution in [3.8, 4) is 11.8 Å². The molecule has 0 bridgehead atoms. The first kappa shape index (κ1) is 15.9. The van der Waals surface area contributed by atoms with Crippen LogP contribution in [0.15, 0.2) is 35.5 Å². The van der Waals surface area contributed by atoms with Crippen LogP contribution in [-0.4, -0.2) is 36.1 Å². The van der Waals surface area contributed by atoms with E-state index in [0.717, 1.165) is 54.3 Å². The van der Waals surface area contributed by atoms with Gasteiger partial charge in [-0.1, -0.05) is 18.2 Å². The van der Waals surface area contributed by atoms with Crippen molar-refractivity contribution >= 4 is 11.5 Å². The molecular weight excluding hydrogens is 314 g/mol. The van der Waals surface area contributed by atoms with Gasteiger partial charge in [0.2, 0.25) is 0 Å². The highest BCUT2D eigenvalue weighted by Gasteiger charge is 2.40. The second kappa shape index (κ2) is 6.69. The summed E-state index contributed by atoms with van der Waals surface area (Å²) < 4.78 is 5.57. The maximum absolute atomic E-state index is 10.0. The zero-order valence-electron chi connectivity index (χ0n) is 14.2. The van der Waals surface area contributed by atoms with Crippen molar-refractivity contribution in [2.45, 2.75) is 18.8 Å². The second-order valence-corrected chi connectivity index (χ2v) is 6.56. The summed E-state index contributed by atoms with van der Waals surface area (Å²) >= 11 is 0. The van der Waals surface area contributed by atoms with E-state index in [1.54, 1.807) is 13.3 Å². The number of ether oxygens (including phenoxy) is 1. The highest BCUT2D eigenvalue weighted by atomic mass is 16.5. The number of nitriles is 1. The van der Waals surface area contributed by atoms with Gasteiger partial charge in [-0.3, -0.25) is 5.10 Å². The number of nitrogens with one attached hydrogen (secondary N) is 2. The van der Waals surface area contributed by atoms with E-state index < -0.39 is 0 Å². The Labute approximate surface area is 146 Å². The van der Waals surface area contributed by atoms with Gasteiger partial charge in [0.15, 0.2) is 5.82 Å². The summed E-state index contributed by atoms with van der Waals surface area (Å²) in [6.07, 6.45) is 3.82. The third-order valence-corrected chi connectivity index (χ3v) is 5.25. The molecule has 1 fully saturated rings. The fourth-order valence-electron chi connectivity index (χ4n) is 4.03. The number of nitrogens with zero attached hydrogens (tertiary/aromatic N) is 3. The van der Waals surface area contributed by atoms with E-state index in [-0.39, 0.29) is 11.8 Å². The number of fused-ring (bicyclic) bond motifs is 1. The number of benzene rings is 1. The van der Waals surface area contributed by atoms with Crippen molar-refractivity contribution in [3.63, 3.8) is 0 Å². The standard InChI is InChI=1S/C19H21N5O/c1-25-16-5-3-2-4-13(16)17-14(10-20)18(12-6-8-21-9-7-12)23-19-15(17)11-22-24-19/h2-5,11-12,14,17,21H,6-9H2,1H3,(H,22,24). The minimum atomic E-state index is -0.301. The molecule has 6 nitrogen and oxygen atoms in total. The first-order valence-electron chi connectivity index (χ1n) is 8.68. The number of aromatic amines is 1. The van der Waals surface area contributed by atoms with Crippen LogP contribution in [0.25, 0.3) is 0 Å². The fourth-order valence-corrected chi connectivity index (χ4v) is 4.03. The minimum absolute atomic E-state index is 0.114. The molecule has 25 heavy (non-hydrogen) atoms. The summed E-state index contributed by atoms with van der Waals surface area (Å²) in [5.41, 5.74) is 2.96. The van der Waals surface area contributed by atoms with Crippen molar-refractivity contribution in [1.82, 2.24) is 15.5 Å². The van der Waals surface area contributed by atoms with Gasteiger partial charge in [-0.15, -0.1) is 0 Å². The Morgan fingerprint density at radius 1 is 1.20 bits per heavy atom. The van der Waals surface area contributed by atoms with Crippen LogP contribution in [0.5, 0.6) is 5.75 Å². The number of methoxy groups -OCH3 is 1. The molecule has 3 heterocycles. The third-order valence-electron chi connectivity index (χ3n) is 5.25. The molecule has 0 radical (unpaired) electrons. The largest absolute Gasteiger partial charge is 0.496 e. The molecule has 2 atom stereocenters. The Bertz CT molecular complexity index is 828. The number of para-hydroxylation sites is 1. The molecule has 0 amide bonds. The maximum atomic E-state index is 10.0. The van der Waals surface area contributed by atoms with Crippen molar-refractivity contribution in [2.75, 3.05) is 20.2 Å². The van der Waals surface area contributed by atoms with Gasteiger partial charge < -0.3 is 10.1 Å². The Morgan fingerprint density at radius 3 is 2.76 bits per heavy atom. The Morgan fingerprint density at radius 2 is 2.00 bits per heavy atom. The molecule has 2 N–H and O–H groups in total. The highest BCUT2D eigenvalue weighted by molar-refractivity contribution is 5.96. The van der Waals surface area contributed by atoms with E-state index in [0.29, 0.717) is 5.92 Å². The maximum Gasteiger partial charge on any atom is 0.151 e. The normalized spacial score (nSPS) is 23.4. The van der Waals surface area contributed by atoms with Crippen molar-refractivity contribution in [2.24, 2.45) is 16.8 Å². The van der Waals surface area contributed by atoms with E-state index in [1.165, 1.54) is 0 Å². The van der Waals surface area contributed by atoms with Gasteiger partial charge in [0.1, 0.15) is 5.75 Å². The quantitative estimate of drug-likeness (QED) is 0.903. The number of rotatable bonds is 3. The van der Waals surface area contributed by atoms with Crippen molar-refractivity contribution in [3.05, 3.63) is 41.6 Å². The molecule has 2 aromatic rings. The zero-order valence-corrected chi connectivity index (χ0v) is 14.2. The van der Waals surface area contributed by atoms with Gasteiger partial charge in [0.05, 0.1) is 25.3 Å². The van der Waals surface area contributed by atoms with Crippen LogP contribution >= 0.6 is 0 Å². The van der Waals surface area contributed by atoms with E-state index >= 15 is 0 Å². The molecule has 0 spiro atoms. The SMILES string of the molecule is COc1ccccc1C1c2cn[nH]c2N=C(C2CCNCC2)C1C#N. The topological polar surface area (TPSA) is 86.1 Å². The molecular formula is C19H21N5O. The summed E-state index contributed by atoms with van der Waals surface area (Å²) in [5.74, 6) is 1.49. The lowest BCUT2D eigenvalue weighted by atomic mass is 9.73. The van der Waals surface area contributed by atoms with Gasteiger partial charge in [-0.25, -0.2) is 4.99 Å². The molecule has 6 heteroatoms. The first-order chi connectivity index (χ1) is 12.3. The molecule has 128 valence electrons. The van der Waals surface area contributed by atoms with Crippen molar-refractivity contribution in [1.29, 1.82) is 5.26 Å². The average Bonchev–Trinajstić information content (AvgIpc) is 3.15. The van der Waals surface area contributed by atoms with Gasteiger partial charge in [0.25, 0.3) is 0 Å². The van der Waals surface area contributed by atoms with Crippen LogP contribution in [0, 0.1) is 23.2 Å². The first-order valence-corrected chi connectivity index (χ1v) is 8.68. The molecule has 1 aromatic heterocycles. The van der Waals surface area contributed by atoms with E-state index in [2.05, 4.69) is 21.6 Å². The summed E-state index contributed by atoms with van der Waals surface area (Å²) in [5, 5.41) is 20.6. The molecule has 0 saturated carbocycles. The number of aliphatic imine (C=N–C) groups is 1. The molecule has 1 saturated heterocycles. The van der Waals surface area contributed by atoms with Crippen LogP contribution in [0.3, 0.4) is 0 Å². The molecule has 0 aliphatic carbocycles. The zero-order chi connectivity index (χ0) is 17.2. The minimum Gasteiger partial charge on any atom is -0.496 e. The van der Waals surface area contributed by atoms with Gasteiger partial charge in [-0.2, -0.15) is 10.4 Å². The van der Waals surface area contributed by atoms with Crippen LogP contribution in [0.2, 0.25) is 0 Å². The summed E-state index contributed by atoms with van der Waals surface area (Å²) in [6, 6.07) is 10.5. The van der Waals surface area contributed by atoms with Crippen LogP contribution in [-0.2, 0) is 0 Å².